The average Bonchev–Trinajstić information content (AvgIpc) is 2.28. The number of nitrogens with zero attached hydrogens (tertiary/aromatic N) is 2. The molecule has 96 valence electrons. The minimum absolute atomic E-state index is 0.106. The Labute approximate surface area is 99.0 Å². The lowest BCUT2D eigenvalue weighted by atomic mass is 10.2. The van der Waals surface area contributed by atoms with E-state index in [0.717, 1.165) is 18.9 Å². The molecular formula is C11H26N4O. The molecule has 0 bridgehead atoms. The number of nitrogens with two attached hydrogens (primary N) is 1. The van der Waals surface area contributed by atoms with E-state index in [0.29, 0.717) is 12.6 Å². The van der Waals surface area contributed by atoms with Gasteiger partial charge >= 0.3 is 0 Å². The molecule has 0 aromatic rings. The maximum Gasteiger partial charge on any atom is 0.208 e. The van der Waals surface area contributed by atoms with Crippen LogP contribution in [0, 0.1) is 0 Å². The number of ether oxygens (including phenoxy) is 1. The van der Waals surface area contributed by atoms with Crippen molar-refractivity contribution in [2.45, 2.75) is 46.2 Å². The molecule has 0 radical (unpaired) electrons. The summed E-state index contributed by atoms with van der Waals surface area (Å²) in [6.07, 6.45) is 1.06. The fraction of sp³-hybridized carbons (Fsp3) is 0.909. The summed E-state index contributed by atoms with van der Waals surface area (Å²) in [5, 5.41) is 0. The van der Waals surface area contributed by atoms with Gasteiger partial charge in [-0.3, -0.25) is 5.43 Å². The van der Waals surface area contributed by atoms with E-state index in [1.807, 2.05) is 6.92 Å². The number of guanidine groups is 1. The number of rotatable bonds is 6. The molecule has 0 fully saturated rings. The van der Waals surface area contributed by atoms with Crippen molar-refractivity contribution < 1.29 is 4.74 Å². The van der Waals surface area contributed by atoms with E-state index in [-0.39, 0.29) is 6.04 Å². The van der Waals surface area contributed by atoms with Crippen LogP contribution in [0.4, 0.5) is 0 Å². The molecule has 2 atom stereocenters. The molecule has 5 nitrogen and oxygen atoms in total. The van der Waals surface area contributed by atoms with Crippen LogP contribution in [0.5, 0.6) is 0 Å². The average molecular weight is 230 g/mol. The Bertz CT molecular complexity index is 208. The minimum Gasteiger partial charge on any atom is -0.382 e. The Hall–Kier alpha value is -0.810. The summed E-state index contributed by atoms with van der Waals surface area (Å²) in [5.74, 6) is 6.26. The second-order valence-corrected chi connectivity index (χ2v) is 3.94. The van der Waals surface area contributed by atoms with Gasteiger partial charge in [-0.15, -0.1) is 0 Å². The molecule has 0 aliphatic carbocycles. The summed E-state index contributed by atoms with van der Waals surface area (Å²) >= 11 is 0. The van der Waals surface area contributed by atoms with E-state index in [9.17, 15) is 0 Å². The molecule has 0 aliphatic rings. The van der Waals surface area contributed by atoms with Gasteiger partial charge in [0.2, 0.25) is 5.96 Å². The van der Waals surface area contributed by atoms with E-state index in [1.165, 1.54) is 0 Å². The summed E-state index contributed by atoms with van der Waals surface area (Å²) in [6, 6.07) is 0.531. The molecule has 0 saturated carbocycles. The fourth-order valence-corrected chi connectivity index (χ4v) is 1.57. The van der Waals surface area contributed by atoms with E-state index in [4.69, 9.17) is 10.6 Å². The first kappa shape index (κ1) is 15.2. The van der Waals surface area contributed by atoms with Crippen molar-refractivity contribution in [2.24, 2.45) is 10.8 Å². The zero-order valence-corrected chi connectivity index (χ0v) is 11.2. The third-order valence-electron chi connectivity index (χ3n) is 2.62. The smallest absolute Gasteiger partial charge is 0.208 e. The molecule has 0 aliphatic heterocycles. The Kier molecular flexibility index (Phi) is 7.93. The maximum absolute atomic E-state index is 5.52. The number of hydrogen-bond acceptors (Lipinski definition) is 3. The van der Waals surface area contributed by atoms with Crippen molar-refractivity contribution in [3.05, 3.63) is 0 Å². The molecule has 0 aromatic heterocycles. The van der Waals surface area contributed by atoms with Crippen LogP contribution in [-0.2, 0) is 4.74 Å². The number of methoxy groups -OCH3 is 1. The molecule has 2 unspecified atom stereocenters. The van der Waals surface area contributed by atoms with Gasteiger partial charge in [-0.25, -0.2) is 10.8 Å². The van der Waals surface area contributed by atoms with Gasteiger partial charge in [0.15, 0.2) is 0 Å². The van der Waals surface area contributed by atoms with Crippen molar-refractivity contribution in [1.29, 1.82) is 0 Å². The van der Waals surface area contributed by atoms with Crippen molar-refractivity contribution in [3.63, 3.8) is 0 Å². The SMILES string of the molecule is CCC(C)N(CC)C(=NC(C)COC)NN. The largest absolute Gasteiger partial charge is 0.382 e. The predicted molar refractivity (Wildman–Crippen MR) is 68.2 cm³/mol. The fourth-order valence-electron chi connectivity index (χ4n) is 1.57. The van der Waals surface area contributed by atoms with Gasteiger partial charge in [0.25, 0.3) is 0 Å². The normalized spacial score (nSPS) is 15.8. The predicted octanol–water partition coefficient (Wildman–Crippen LogP) is 0.961. The van der Waals surface area contributed by atoms with Crippen LogP contribution in [-0.4, -0.2) is 43.2 Å². The van der Waals surface area contributed by atoms with Crippen molar-refractivity contribution >= 4 is 5.96 Å². The molecule has 0 heterocycles. The first-order valence-electron chi connectivity index (χ1n) is 5.90. The summed E-state index contributed by atoms with van der Waals surface area (Å²) < 4.78 is 5.05. The molecule has 0 rings (SSSR count). The maximum atomic E-state index is 5.52. The third kappa shape index (κ3) is 4.81. The van der Waals surface area contributed by atoms with E-state index < -0.39 is 0 Å². The summed E-state index contributed by atoms with van der Waals surface area (Å²) in [5.41, 5.74) is 2.68. The molecule has 0 amide bonds. The number of hydrazine groups is 1. The molecule has 0 saturated heterocycles. The lowest BCUT2D eigenvalue weighted by molar-refractivity contribution is 0.184. The third-order valence-corrected chi connectivity index (χ3v) is 2.62. The molecule has 16 heavy (non-hydrogen) atoms. The van der Waals surface area contributed by atoms with Crippen LogP contribution in [0.3, 0.4) is 0 Å². The zero-order chi connectivity index (χ0) is 12.6. The highest BCUT2D eigenvalue weighted by atomic mass is 16.5. The molecule has 3 N–H and O–H groups in total. The van der Waals surface area contributed by atoms with Crippen LogP contribution < -0.4 is 11.3 Å². The topological polar surface area (TPSA) is 62.9 Å². The molecule has 5 heteroatoms. The van der Waals surface area contributed by atoms with Crippen LogP contribution in [0.2, 0.25) is 0 Å². The first-order chi connectivity index (χ1) is 7.60. The van der Waals surface area contributed by atoms with Gasteiger partial charge in [0, 0.05) is 19.7 Å². The monoisotopic (exact) mass is 230 g/mol. The number of hydrogen-bond donors (Lipinski definition) is 2. The molecule has 0 spiro atoms. The van der Waals surface area contributed by atoms with Gasteiger partial charge in [0.05, 0.1) is 12.6 Å². The zero-order valence-electron chi connectivity index (χ0n) is 11.2. The highest BCUT2D eigenvalue weighted by molar-refractivity contribution is 5.79. The Morgan fingerprint density at radius 3 is 2.44 bits per heavy atom. The number of nitrogens with one attached hydrogen (secondary N) is 1. The van der Waals surface area contributed by atoms with Crippen molar-refractivity contribution in [2.75, 3.05) is 20.3 Å². The van der Waals surface area contributed by atoms with Crippen LogP contribution in [0.15, 0.2) is 4.99 Å². The summed E-state index contributed by atoms with van der Waals surface area (Å²) in [6.45, 7) is 9.91. The lowest BCUT2D eigenvalue weighted by Gasteiger charge is -2.30. The van der Waals surface area contributed by atoms with E-state index >= 15 is 0 Å². The first-order valence-corrected chi connectivity index (χ1v) is 5.90. The highest BCUT2D eigenvalue weighted by Gasteiger charge is 2.15. The Morgan fingerprint density at radius 1 is 1.44 bits per heavy atom. The molecule has 0 aromatic carbocycles. The number of aliphatic imine (C=N–C) groups is 1. The molecular weight excluding hydrogens is 204 g/mol. The van der Waals surface area contributed by atoms with Gasteiger partial charge in [-0.1, -0.05) is 6.92 Å². The van der Waals surface area contributed by atoms with Gasteiger partial charge in [-0.2, -0.15) is 0 Å². The van der Waals surface area contributed by atoms with Crippen LogP contribution in [0.25, 0.3) is 0 Å². The highest BCUT2D eigenvalue weighted by Crippen LogP contribution is 2.04. The second kappa shape index (κ2) is 8.35. The van der Waals surface area contributed by atoms with Gasteiger partial charge in [0.1, 0.15) is 0 Å². The van der Waals surface area contributed by atoms with E-state index in [1.54, 1.807) is 7.11 Å². The lowest BCUT2D eigenvalue weighted by Crippen LogP contribution is -2.49. The summed E-state index contributed by atoms with van der Waals surface area (Å²) in [4.78, 5) is 6.67. The van der Waals surface area contributed by atoms with Crippen LogP contribution >= 0.6 is 0 Å². The standard InChI is InChI=1S/C11H26N4O/c1-6-10(4)15(7-2)11(14-12)13-9(3)8-16-5/h9-10H,6-8,12H2,1-5H3,(H,13,14). The summed E-state index contributed by atoms with van der Waals surface area (Å²) in [7, 11) is 1.67. The quantitative estimate of drug-likeness (QED) is 0.309. The minimum atomic E-state index is 0.106. The van der Waals surface area contributed by atoms with E-state index in [2.05, 4.69) is 36.1 Å². The Morgan fingerprint density at radius 2 is 2.06 bits per heavy atom. The van der Waals surface area contributed by atoms with Gasteiger partial charge < -0.3 is 9.64 Å². The van der Waals surface area contributed by atoms with Gasteiger partial charge in [-0.05, 0) is 27.2 Å². The van der Waals surface area contributed by atoms with Crippen molar-refractivity contribution in [3.8, 4) is 0 Å². The van der Waals surface area contributed by atoms with Crippen LogP contribution in [0.1, 0.15) is 34.1 Å². The van der Waals surface area contributed by atoms with Crippen molar-refractivity contribution in [1.82, 2.24) is 10.3 Å². The Balaban J connectivity index is 4.65. The second-order valence-electron chi connectivity index (χ2n) is 3.94.